The summed E-state index contributed by atoms with van der Waals surface area (Å²) < 4.78 is 1.64. The van der Waals surface area contributed by atoms with E-state index in [1.54, 1.807) is 17.1 Å². The van der Waals surface area contributed by atoms with Gasteiger partial charge in [0.2, 0.25) is 5.95 Å². The average Bonchev–Trinajstić information content (AvgIpc) is 3.17. The number of tetrazole rings is 1. The molecule has 1 aliphatic heterocycles. The van der Waals surface area contributed by atoms with Crippen LogP contribution in [-0.4, -0.2) is 35.4 Å². The molecule has 0 amide bonds. The molecule has 0 bridgehead atoms. The van der Waals surface area contributed by atoms with E-state index in [0.29, 0.717) is 22.9 Å². The zero-order valence-electron chi connectivity index (χ0n) is 14.3. The van der Waals surface area contributed by atoms with Crippen LogP contribution in [0.3, 0.4) is 0 Å². The van der Waals surface area contributed by atoms with Crippen molar-refractivity contribution in [1.29, 1.82) is 0 Å². The second-order valence-corrected chi connectivity index (χ2v) is 6.32. The van der Waals surface area contributed by atoms with Crippen LogP contribution in [0.2, 0.25) is 0 Å². The summed E-state index contributed by atoms with van der Waals surface area (Å²) in [7, 11) is 0. The maximum absolute atomic E-state index is 12.5. The van der Waals surface area contributed by atoms with Crippen molar-refractivity contribution >= 4 is 11.6 Å². The Kier molecular flexibility index (Phi) is 3.32. The van der Waals surface area contributed by atoms with E-state index >= 15 is 0 Å². The Morgan fingerprint density at radius 1 is 1.15 bits per heavy atom. The van der Waals surface area contributed by atoms with E-state index in [9.17, 15) is 4.79 Å². The van der Waals surface area contributed by atoms with Crippen LogP contribution in [0.15, 0.2) is 53.6 Å². The van der Waals surface area contributed by atoms with Crippen molar-refractivity contribution in [1.82, 2.24) is 35.4 Å². The first-order valence-electron chi connectivity index (χ1n) is 8.37. The molecule has 4 heterocycles. The van der Waals surface area contributed by atoms with Gasteiger partial charge in [0, 0.05) is 23.5 Å². The molecule has 1 aromatic carbocycles. The van der Waals surface area contributed by atoms with Gasteiger partial charge in [0.25, 0.3) is 5.56 Å². The normalized spacial score (nSPS) is 14.9. The van der Waals surface area contributed by atoms with E-state index in [0.717, 1.165) is 16.7 Å². The van der Waals surface area contributed by atoms with Gasteiger partial charge in [-0.15, -0.1) is 0 Å². The van der Waals surface area contributed by atoms with Gasteiger partial charge < -0.3 is 5.32 Å². The van der Waals surface area contributed by atoms with Crippen LogP contribution in [0.1, 0.15) is 22.7 Å². The van der Waals surface area contributed by atoms with Crippen molar-refractivity contribution in [2.45, 2.75) is 13.0 Å². The van der Waals surface area contributed by atoms with Crippen LogP contribution in [0.25, 0.3) is 11.3 Å². The Hall–Kier alpha value is -3.88. The molecule has 4 aromatic rings. The number of aromatic amines is 1. The van der Waals surface area contributed by atoms with E-state index < -0.39 is 6.04 Å². The quantitative estimate of drug-likeness (QED) is 0.495. The lowest BCUT2D eigenvalue weighted by Crippen LogP contribution is -2.29. The first kappa shape index (κ1) is 15.4. The van der Waals surface area contributed by atoms with E-state index in [-0.39, 0.29) is 5.56 Å². The van der Waals surface area contributed by atoms with Crippen LogP contribution in [0.5, 0.6) is 0 Å². The lowest BCUT2D eigenvalue weighted by Gasteiger charge is -2.27. The number of fused-ring (bicyclic) bond motifs is 2. The monoisotopic (exact) mass is 358 g/mol. The van der Waals surface area contributed by atoms with Crippen LogP contribution in [0.4, 0.5) is 11.6 Å². The molecule has 1 atom stereocenters. The van der Waals surface area contributed by atoms with Crippen LogP contribution < -0.4 is 10.9 Å². The molecular formula is C18H14N8O. The number of pyridine rings is 1. The number of nitrogens with one attached hydrogen (secondary N) is 2. The molecule has 9 nitrogen and oxygen atoms in total. The Labute approximate surface area is 153 Å². The molecule has 132 valence electrons. The molecular weight excluding hydrogens is 344 g/mol. The van der Waals surface area contributed by atoms with Crippen molar-refractivity contribution in [3.05, 3.63) is 75.8 Å². The lowest BCUT2D eigenvalue weighted by molar-refractivity contribution is 0.566. The molecule has 0 spiro atoms. The molecule has 1 unspecified atom stereocenters. The van der Waals surface area contributed by atoms with Crippen LogP contribution in [0, 0.1) is 6.92 Å². The number of benzene rings is 1. The second kappa shape index (κ2) is 5.84. The van der Waals surface area contributed by atoms with Gasteiger partial charge in [-0.05, 0) is 29.0 Å². The molecule has 3 aromatic heterocycles. The maximum atomic E-state index is 12.5. The number of hydrogen-bond donors (Lipinski definition) is 2. The molecule has 9 heteroatoms. The summed E-state index contributed by atoms with van der Waals surface area (Å²) in [5.41, 5.74) is 4.31. The largest absolute Gasteiger partial charge is 0.318 e. The lowest BCUT2D eigenvalue weighted by atomic mass is 9.93. The topological polar surface area (TPSA) is 114 Å². The van der Waals surface area contributed by atoms with Gasteiger partial charge in [0.15, 0.2) is 0 Å². The molecule has 2 N–H and O–H groups in total. The third-order valence-electron chi connectivity index (χ3n) is 4.59. The third-order valence-corrected chi connectivity index (χ3v) is 4.59. The van der Waals surface area contributed by atoms with Crippen molar-refractivity contribution in [3.8, 4) is 11.3 Å². The van der Waals surface area contributed by atoms with E-state index in [2.05, 4.69) is 36.0 Å². The molecule has 0 aliphatic carbocycles. The predicted molar refractivity (Wildman–Crippen MR) is 97.6 cm³/mol. The number of anilines is 2. The molecule has 0 fully saturated rings. The fourth-order valence-corrected chi connectivity index (χ4v) is 3.31. The average molecular weight is 358 g/mol. The van der Waals surface area contributed by atoms with Gasteiger partial charge in [-0.25, -0.2) is 5.10 Å². The summed E-state index contributed by atoms with van der Waals surface area (Å²) in [6, 6.07) is 11.3. The first-order valence-corrected chi connectivity index (χ1v) is 8.37. The number of nitrogens with zero attached hydrogens (tertiary/aromatic N) is 6. The number of aryl methyl sites for hydroxylation is 1. The number of H-pyrrole nitrogens is 1. The second-order valence-electron chi connectivity index (χ2n) is 6.32. The molecule has 5 rings (SSSR count). The molecule has 0 saturated carbocycles. The van der Waals surface area contributed by atoms with Gasteiger partial charge in [0.05, 0.1) is 5.69 Å². The van der Waals surface area contributed by atoms with Crippen molar-refractivity contribution in [3.63, 3.8) is 0 Å². The van der Waals surface area contributed by atoms with E-state index in [1.165, 1.54) is 0 Å². The highest BCUT2D eigenvalue weighted by molar-refractivity contribution is 5.75. The highest BCUT2D eigenvalue weighted by Gasteiger charge is 2.34. The minimum atomic E-state index is -0.425. The smallest absolute Gasteiger partial charge is 0.288 e. The van der Waals surface area contributed by atoms with Crippen LogP contribution >= 0.6 is 0 Å². The summed E-state index contributed by atoms with van der Waals surface area (Å²) in [6.07, 6.45) is 3.44. The molecule has 0 radical (unpaired) electrons. The first-order chi connectivity index (χ1) is 13.2. The van der Waals surface area contributed by atoms with Crippen LogP contribution in [-0.2, 0) is 0 Å². The Bertz CT molecular complexity index is 1180. The summed E-state index contributed by atoms with van der Waals surface area (Å²) >= 11 is 0. The van der Waals surface area contributed by atoms with Gasteiger partial charge in [-0.3, -0.25) is 9.78 Å². The maximum Gasteiger partial charge on any atom is 0.288 e. The fourth-order valence-electron chi connectivity index (χ4n) is 3.31. The fraction of sp³-hybridized carbons (Fsp3) is 0.111. The molecule has 0 saturated heterocycles. The Morgan fingerprint density at radius 3 is 2.78 bits per heavy atom. The summed E-state index contributed by atoms with van der Waals surface area (Å²) in [5.74, 6) is 0.392. The van der Waals surface area contributed by atoms with E-state index in [4.69, 9.17) is 0 Å². The molecule has 27 heavy (non-hydrogen) atoms. The van der Waals surface area contributed by atoms with Crippen molar-refractivity contribution in [2.75, 3.05) is 5.32 Å². The standard InChI is InChI=1S/C18H14N8O/c1-10-4-6-11(7-5-10)14-13-15(17(27)22-21-14)20-18-23-24-25-26(18)16(13)12-3-2-8-19-9-12/h2-9,16H,1H3,(H,22,27)(H,20,23,25). The highest BCUT2D eigenvalue weighted by Crippen LogP contribution is 2.40. The third kappa shape index (κ3) is 2.40. The summed E-state index contributed by atoms with van der Waals surface area (Å²) in [4.78, 5) is 16.8. The number of rotatable bonds is 2. The van der Waals surface area contributed by atoms with Crippen molar-refractivity contribution in [2.24, 2.45) is 0 Å². The zero-order chi connectivity index (χ0) is 18.4. The van der Waals surface area contributed by atoms with E-state index in [1.807, 2.05) is 43.3 Å². The summed E-state index contributed by atoms with van der Waals surface area (Å²) in [5, 5.41) is 21.8. The SMILES string of the molecule is Cc1ccc(-c2n[nH]c(=O)c3c2C(c2cccnc2)n2nnnc2N3)cc1. The van der Waals surface area contributed by atoms with Crippen molar-refractivity contribution < 1.29 is 0 Å². The Morgan fingerprint density at radius 2 is 2.00 bits per heavy atom. The Balaban J connectivity index is 1.82. The number of aromatic nitrogens is 7. The predicted octanol–water partition coefficient (Wildman–Crippen LogP) is 1.82. The van der Waals surface area contributed by atoms with Gasteiger partial charge in [-0.1, -0.05) is 41.0 Å². The minimum Gasteiger partial charge on any atom is -0.318 e. The minimum absolute atomic E-state index is 0.330. The number of hydrogen-bond acceptors (Lipinski definition) is 7. The zero-order valence-corrected chi connectivity index (χ0v) is 14.3. The summed E-state index contributed by atoms with van der Waals surface area (Å²) in [6.45, 7) is 2.02. The highest BCUT2D eigenvalue weighted by atomic mass is 16.1. The van der Waals surface area contributed by atoms with Gasteiger partial charge in [0.1, 0.15) is 11.7 Å². The van der Waals surface area contributed by atoms with Gasteiger partial charge >= 0.3 is 0 Å². The molecule has 1 aliphatic rings. The van der Waals surface area contributed by atoms with Gasteiger partial charge in [-0.2, -0.15) is 9.78 Å².